The molecule has 4 nitrogen and oxygen atoms in total. The summed E-state index contributed by atoms with van der Waals surface area (Å²) in [5.74, 6) is 0. The molecule has 0 N–H and O–H groups in total. The number of nitrogens with zero attached hydrogens (tertiary/aromatic N) is 4. The fourth-order valence-electron chi connectivity index (χ4n) is 5.77. The summed E-state index contributed by atoms with van der Waals surface area (Å²) in [6.07, 6.45) is -0.230. The van der Waals surface area contributed by atoms with Crippen LogP contribution in [0, 0.1) is 5.41 Å². The molecule has 192 valence electrons. The average molecular weight is 513 g/mol. The Morgan fingerprint density at radius 2 is 1.73 bits per heavy atom. The van der Waals surface area contributed by atoms with Crippen LogP contribution in [0.15, 0.2) is 67.0 Å². The van der Waals surface area contributed by atoms with Crippen molar-refractivity contribution in [3.63, 3.8) is 0 Å². The third-order valence-corrected chi connectivity index (χ3v) is 7.79. The van der Waals surface area contributed by atoms with Crippen molar-refractivity contribution in [1.29, 1.82) is 0 Å². The van der Waals surface area contributed by atoms with Crippen molar-refractivity contribution in [3.8, 4) is 5.69 Å². The number of hydrogen-bond acceptors (Lipinski definition) is 2. The van der Waals surface area contributed by atoms with Gasteiger partial charge in [-0.1, -0.05) is 24.3 Å². The molecule has 2 aromatic heterocycles. The summed E-state index contributed by atoms with van der Waals surface area (Å²) in [6, 6.07) is 13.4. The molecule has 3 heterocycles. The molecular formula is C28H25F5N4. The average Bonchev–Trinajstić information content (AvgIpc) is 3.46. The van der Waals surface area contributed by atoms with E-state index in [1.807, 2.05) is 19.3 Å². The summed E-state index contributed by atoms with van der Waals surface area (Å²) in [6.45, 7) is 1.63. The maximum absolute atomic E-state index is 13.9. The Balaban J connectivity index is 1.28. The predicted molar refractivity (Wildman–Crippen MR) is 133 cm³/mol. The van der Waals surface area contributed by atoms with Gasteiger partial charge in [0.25, 0.3) is 6.43 Å². The molecule has 1 fully saturated rings. The van der Waals surface area contributed by atoms with E-state index in [1.54, 1.807) is 0 Å². The molecule has 0 radical (unpaired) electrons. The second-order valence-corrected chi connectivity index (χ2v) is 10.0. The monoisotopic (exact) mass is 512 g/mol. The van der Waals surface area contributed by atoms with E-state index in [4.69, 9.17) is 0 Å². The summed E-state index contributed by atoms with van der Waals surface area (Å²) in [5, 5.41) is 5.17. The normalized spacial score (nSPS) is 17.5. The lowest BCUT2D eigenvalue weighted by atomic mass is 9.64. The van der Waals surface area contributed by atoms with Crippen molar-refractivity contribution < 1.29 is 22.0 Å². The van der Waals surface area contributed by atoms with Crippen LogP contribution in [-0.2, 0) is 13.2 Å². The number of alkyl halides is 5. The molecule has 0 atom stereocenters. The molecule has 0 unspecified atom stereocenters. The minimum Gasteiger partial charge on any atom is -0.371 e. The van der Waals surface area contributed by atoms with E-state index < -0.39 is 18.2 Å². The zero-order chi connectivity index (χ0) is 25.9. The molecule has 1 spiro atoms. The minimum absolute atomic E-state index is 0.0777. The van der Waals surface area contributed by atoms with Crippen LogP contribution in [0.4, 0.5) is 27.6 Å². The second kappa shape index (κ2) is 8.46. The number of fused-ring (bicyclic) bond motifs is 1. The van der Waals surface area contributed by atoms with Crippen LogP contribution in [0.25, 0.3) is 22.2 Å². The molecule has 2 aromatic carbocycles. The number of halogens is 5. The lowest BCUT2D eigenvalue weighted by Gasteiger charge is -2.47. The molecule has 0 bridgehead atoms. The molecule has 6 rings (SSSR count). The highest BCUT2D eigenvalue weighted by Gasteiger charge is 2.43. The van der Waals surface area contributed by atoms with Crippen molar-refractivity contribution in [2.45, 2.75) is 31.9 Å². The van der Waals surface area contributed by atoms with Crippen LogP contribution >= 0.6 is 0 Å². The molecule has 9 heteroatoms. The molecule has 1 aliphatic carbocycles. The van der Waals surface area contributed by atoms with Gasteiger partial charge in [0.15, 0.2) is 0 Å². The Labute approximate surface area is 210 Å². The second-order valence-electron chi connectivity index (χ2n) is 10.0. The minimum atomic E-state index is -4.63. The summed E-state index contributed by atoms with van der Waals surface area (Å²) in [4.78, 5) is 2.33. The van der Waals surface area contributed by atoms with Crippen molar-refractivity contribution in [2.24, 2.45) is 12.5 Å². The van der Waals surface area contributed by atoms with Crippen molar-refractivity contribution in [1.82, 2.24) is 14.3 Å². The van der Waals surface area contributed by atoms with Crippen LogP contribution in [0.1, 0.15) is 42.5 Å². The number of hydrogen-bond donors (Lipinski definition) is 0. The fraction of sp³-hybridized carbons (Fsp3) is 0.321. The quantitative estimate of drug-likeness (QED) is 0.267. The first-order valence-electron chi connectivity index (χ1n) is 12.2. The molecule has 4 aromatic rings. The number of piperidine rings is 1. The maximum atomic E-state index is 13.9. The van der Waals surface area contributed by atoms with Crippen LogP contribution in [0.5, 0.6) is 0 Å². The van der Waals surface area contributed by atoms with Crippen LogP contribution in [0.3, 0.4) is 0 Å². The van der Waals surface area contributed by atoms with E-state index in [2.05, 4.69) is 38.8 Å². The fourth-order valence-corrected chi connectivity index (χ4v) is 5.77. The van der Waals surface area contributed by atoms with Crippen LogP contribution < -0.4 is 4.90 Å². The number of anilines is 1. The van der Waals surface area contributed by atoms with Gasteiger partial charge in [-0.05, 0) is 66.0 Å². The van der Waals surface area contributed by atoms with Gasteiger partial charge < -0.3 is 9.47 Å². The van der Waals surface area contributed by atoms with Gasteiger partial charge in [0.05, 0.1) is 28.7 Å². The SMILES string of the molecule is Cn1ccc2ccc(N3CCC4(C=C(c5c(C(F)F)cnn5-c5ccccc5C(F)(F)F)C4)CC3)cc21. The molecule has 0 amide bonds. The number of aromatic nitrogens is 3. The topological polar surface area (TPSA) is 26.0 Å². The highest BCUT2D eigenvalue weighted by atomic mass is 19.4. The highest BCUT2D eigenvalue weighted by molar-refractivity contribution is 5.84. The predicted octanol–water partition coefficient (Wildman–Crippen LogP) is 7.39. The Hall–Kier alpha value is -3.62. The summed E-state index contributed by atoms with van der Waals surface area (Å²) in [5.41, 5.74) is 1.38. The van der Waals surface area contributed by atoms with E-state index in [-0.39, 0.29) is 22.4 Å². The van der Waals surface area contributed by atoms with Crippen LogP contribution in [0.2, 0.25) is 0 Å². The van der Waals surface area contributed by atoms with Gasteiger partial charge in [0.2, 0.25) is 0 Å². The van der Waals surface area contributed by atoms with Gasteiger partial charge in [-0.2, -0.15) is 18.3 Å². The molecule has 1 saturated heterocycles. The Morgan fingerprint density at radius 1 is 1.00 bits per heavy atom. The molecule has 37 heavy (non-hydrogen) atoms. The Morgan fingerprint density at radius 3 is 2.43 bits per heavy atom. The number of para-hydroxylation sites is 1. The van der Waals surface area contributed by atoms with Gasteiger partial charge in [-0.15, -0.1) is 0 Å². The highest BCUT2D eigenvalue weighted by Crippen LogP contribution is 2.53. The van der Waals surface area contributed by atoms with E-state index in [0.717, 1.165) is 54.1 Å². The summed E-state index contributed by atoms with van der Waals surface area (Å²) < 4.78 is 71.9. The van der Waals surface area contributed by atoms with Gasteiger partial charge in [-0.3, -0.25) is 0 Å². The van der Waals surface area contributed by atoms with Gasteiger partial charge in [-0.25, -0.2) is 13.5 Å². The van der Waals surface area contributed by atoms with E-state index in [0.29, 0.717) is 12.0 Å². The number of aryl methyl sites for hydroxylation is 1. The smallest absolute Gasteiger partial charge is 0.371 e. The Kier molecular flexibility index (Phi) is 5.43. The van der Waals surface area contributed by atoms with E-state index >= 15 is 0 Å². The number of allylic oxidation sites excluding steroid dienone is 2. The van der Waals surface area contributed by atoms with Crippen molar-refractivity contribution in [2.75, 3.05) is 18.0 Å². The summed E-state index contributed by atoms with van der Waals surface area (Å²) >= 11 is 0. The third-order valence-electron chi connectivity index (χ3n) is 7.79. The Bertz CT molecular complexity index is 1500. The lowest BCUT2D eigenvalue weighted by Crippen LogP contribution is -2.42. The standard InChI is InChI=1S/C28H25F5N4/c1-35-11-8-18-6-7-20(14-24(18)35)36-12-9-27(10-13-36)15-19(16-27)25-21(26(29)30)17-34-37(25)23-5-3-2-4-22(23)28(31,32)33/h2-8,11,14-15,17,26H,9-10,12-13,16H2,1H3. The zero-order valence-electron chi connectivity index (χ0n) is 20.1. The number of rotatable bonds is 4. The van der Waals surface area contributed by atoms with Gasteiger partial charge >= 0.3 is 6.18 Å². The maximum Gasteiger partial charge on any atom is 0.418 e. The number of benzene rings is 2. The molecular weight excluding hydrogens is 487 g/mol. The molecule has 2 aliphatic rings. The van der Waals surface area contributed by atoms with E-state index in [1.165, 1.54) is 23.6 Å². The van der Waals surface area contributed by atoms with Gasteiger partial charge in [0, 0.05) is 37.5 Å². The molecule has 0 saturated carbocycles. The molecule has 1 aliphatic heterocycles. The van der Waals surface area contributed by atoms with Crippen molar-refractivity contribution in [3.05, 3.63) is 83.8 Å². The first kappa shape index (κ1) is 23.8. The van der Waals surface area contributed by atoms with Crippen molar-refractivity contribution >= 4 is 22.2 Å². The van der Waals surface area contributed by atoms with Gasteiger partial charge in [0.1, 0.15) is 0 Å². The summed E-state index contributed by atoms with van der Waals surface area (Å²) in [7, 11) is 2.02. The van der Waals surface area contributed by atoms with E-state index in [9.17, 15) is 22.0 Å². The largest absolute Gasteiger partial charge is 0.418 e. The third kappa shape index (κ3) is 4.01. The first-order valence-corrected chi connectivity index (χ1v) is 12.2. The first-order chi connectivity index (χ1) is 17.7. The van der Waals surface area contributed by atoms with Crippen LogP contribution in [-0.4, -0.2) is 27.4 Å². The lowest BCUT2D eigenvalue weighted by molar-refractivity contribution is -0.137. The zero-order valence-corrected chi connectivity index (χ0v) is 20.1.